The van der Waals surface area contributed by atoms with E-state index in [0.29, 0.717) is 0 Å². The summed E-state index contributed by atoms with van der Waals surface area (Å²) >= 11 is 2.39. The molecule has 0 fully saturated rings. The molecule has 3 aromatic rings. The van der Waals surface area contributed by atoms with Gasteiger partial charge in [-0.2, -0.15) is 0 Å². The van der Waals surface area contributed by atoms with E-state index in [1.54, 1.807) is 0 Å². The quantitative estimate of drug-likeness (QED) is 0.306. The van der Waals surface area contributed by atoms with E-state index >= 15 is 0 Å². The number of fused-ring (bicyclic) bond motifs is 1. The summed E-state index contributed by atoms with van der Waals surface area (Å²) in [5.41, 5.74) is 4.87. The Morgan fingerprint density at radius 2 is 1.87 bits per heavy atom. The molecule has 0 atom stereocenters. The van der Waals surface area contributed by atoms with Crippen LogP contribution in [-0.4, -0.2) is 0 Å². The average molecular weight is 418 g/mol. The first-order valence-corrected chi connectivity index (χ1v) is 9.55. The Morgan fingerprint density at radius 1 is 1.00 bits per heavy atom. The average Bonchev–Trinajstić information content (AvgIpc) is 2.96. The molecule has 2 heteroatoms. The Balaban J connectivity index is 1.92. The van der Waals surface area contributed by atoms with Gasteiger partial charge in [0.05, 0.1) is 0 Å². The van der Waals surface area contributed by atoms with Crippen LogP contribution in [-0.2, 0) is 6.42 Å². The van der Waals surface area contributed by atoms with E-state index in [1.165, 1.54) is 51.3 Å². The van der Waals surface area contributed by atoms with Crippen molar-refractivity contribution in [1.29, 1.82) is 0 Å². The highest BCUT2D eigenvalue weighted by molar-refractivity contribution is 14.1. The van der Waals surface area contributed by atoms with Crippen LogP contribution in [0, 0.1) is 10.5 Å². The van der Waals surface area contributed by atoms with Gasteiger partial charge in [-0.15, -0.1) is 0 Å². The molecule has 0 saturated heterocycles. The van der Waals surface area contributed by atoms with Crippen molar-refractivity contribution in [2.24, 2.45) is 0 Å². The minimum Gasteiger partial charge on any atom is -0.456 e. The molecule has 0 unspecified atom stereocenters. The molecule has 0 bridgehead atoms. The number of para-hydroxylation sites is 1. The fourth-order valence-corrected chi connectivity index (χ4v) is 3.95. The summed E-state index contributed by atoms with van der Waals surface area (Å²) < 4.78 is 7.50. The van der Waals surface area contributed by atoms with Crippen LogP contribution < -0.4 is 0 Å². The van der Waals surface area contributed by atoms with Gasteiger partial charge in [-0.05, 0) is 66.1 Å². The fourth-order valence-electron chi connectivity index (χ4n) is 3.02. The Morgan fingerprint density at radius 3 is 2.65 bits per heavy atom. The molecule has 0 N–H and O–H groups in total. The highest BCUT2D eigenvalue weighted by atomic mass is 127. The van der Waals surface area contributed by atoms with E-state index in [9.17, 15) is 0 Å². The first-order valence-electron chi connectivity index (χ1n) is 8.47. The summed E-state index contributed by atoms with van der Waals surface area (Å²) in [4.78, 5) is 0. The molecular weight excluding hydrogens is 395 g/mol. The van der Waals surface area contributed by atoms with Gasteiger partial charge in [0.1, 0.15) is 11.3 Å². The number of aryl methyl sites for hydroxylation is 2. The third kappa shape index (κ3) is 3.79. The Kier molecular flexibility index (Phi) is 5.42. The highest BCUT2D eigenvalue weighted by Crippen LogP contribution is 2.33. The van der Waals surface area contributed by atoms with Gasteiger partial charge in [0, 0.05) is 14.5 Å². The first kappa shape index (κ1) is 16.6. The molecule has 0 radical (unpaired) electrons. The van der Waals surface area contributed by atoms with Crippen LogP contribution in [0.2, 0.25) is 0 Å². The van der Waals surface area contributed by atoms with Crippen molar-refractivity contribution in [2.75, 3.05) is 0 Å². The minimum absolute atomic E-state index is 0.977. The standard InChI is InChI=1S/C21H23IO/c1-3-4-5-6-8-16-9-7-10-17-14-20(23-21(16)17)18-12-11-15(2)13-19(18)22/h7,9-14H,3-6,8H2,1-2H3. The summed E-state index contributed by atoms with van der Waals surface area (Å²) in [6.45, 7) is 4.38. The van der Waals surface area contributed by atoms with Crippen LogP contribution in [0.5, 0.6) is 0 Å². The molecule has 0 aliphatic heterocycles. The molecular formula is C21H23IO. The van der Waals surface area contributed by atoms with E-state index in [-0.39, 0.29) is 0 Å². The van der Waals surface area contributed by atoms with Crippen molar-refractivity contribution in [3.63, 3.8) is 0 Å². The van der Waals surface area contributed by atoms with Gasteiger partial charge in [-0.3, -0.25) is 0 Å². The maximum Gasteiger partial charge on any atom is 0.137 e. The molecule has 1 heterocycles. The SMILES string of the molecule is CCCCCCc1cccc2cc(-c3ccc(C)cc3I)oc12. The zero-order valence-corrected chi connectivity index (χ0v) is 16.0. The van der Waals surface area contributed by atoms with Crippen LogP contribution >= 0.6 is 22.6 Å². The van der Waals surface area contributed by atoms with Crippen molar-refractivity contribution in [1.82, 2.24) is 0 Å². The van der Waals surface area contributed by atoms with Crippen LogP contribution in [0.15, 0.2) is 46.9 Å². The minimum atomic E-state index is 0.977. The van der Waals surface area contributed by atoms with Crippen molar-refractivity contribution in [3.05, 3.63) is 57.2 Å². The maximum atomic E-state index is 6.26. The molecule has 0 spiro atoms. The second-order valence-corrected chi connectivity index (χ2v) is 7.40. The molecule has 3 rings (SSSR count). The van der Waals surface area contributed by atoms with E-state index in [4.69, 9.17) is 4.42 Å². The third-order valence-corrected chi connectivity index (χ3v) is 5.21. The number of halogens is 1. The van der Waals surface area contributed by atoms with Crippen LogP contribution in [0.3, 0.4) is 0 Å². The molecule has 0 aliphatic rings. The van der Waals surface area contributed by atoms with E-state index in [2.05, 4.69) is 78.9 Å². The summed E-state index contributed by atoms with van der Waals surface area (Å²) in [5.74, 6) is 0.977. The van der Waals surface area contributed by atoms with Crippen LogP contribution in [0.25, 0.3) is 22.3 Å². The highest BCUT2D eigenvalue weighted by Gasteiger charge is 2.12. The van der Waals surface area contributed by atoms with Crippen molar-refractivity contribution >= 4 is 33.6 Å². The molecule has 23 heavy (non-hydrogen) atoms. The number of unbranched alkanes of at least 4 members (excludes halogenated alkanes) is 3. The van der Waals surface area contributed by atoms with E-state index in [1.807, 2.05) is 0 Å². The monoisotopic (exact) mass is 418 g/mol. The Labute approximate surface area is 152 Å². The van der Waals surface area contributed by atoms with Gasteiger partial charge in [0.25, 0.3) is 0 Å². The zero-order valence-electron chi connectivity index (χ0n) is 13.9. The zero-order chi connectivity index (χ0) is 16.2. The molecule has 0 aliphatic carbocycles. The molecule has 0 amide bonds. The number of hydrogen-bond acceptors (Lipinski definition) is 1. The molecule has 1 aromatic heterocycles. The van der Waals surface area contributed by atoms with Gasteiger partial charge in [0.15, 0.2) is 0 Å². The molecule has 2 aromatic carbocycles. The molecule has 1 nitrogen and oxygen atoms in total. The number of furan rings is 1. The van der Waals surface area contributed by atoms with E-state index < -0.39 is 0 Å². The van der Waals surface area contributed by atoms with Gasteiger partial charge in [-0.1, -0.05) is 56.0 Å². The number of hydrogen-bond donors (Lipinski definition) is 0. The Bertz CT molecular complexity index is 801. The summed E-state index contributed by atoms with van der Waals surface area (Å²) in [7, 11) is 0. The smallest absolute Gasteiger partial charge is 0.137 e. The largest absolute Gasteiger partial charge is 0.456 e. The van der Waals surface area contributed by atoms with Gasteiger partial charge in [0.2, 0.25) is 0 Å². The lowest BCUT2D eigenvalue weighted by atomic mass is 10.0. The second-order valence-electron chi connectivity index (χ2n) is 6.24. The predicted octanol–water partition coefficient (Wildman–Crippen LogP) is 7.14. The third-order valence-electron chi connectivity index (χ3n) is 4.32. The molecule has 120 valence electrons. The van der Waals surface area contributed by atoms with Crippen LogP contribution in [0.4, 0.5) is 0 Å². The second kappa shape index (κ2) is 7.52. The lowest BCUT2D eigenvalue weighted by Crippen LogP contribution is -1.86. The topological polar surface area (TPSA) is 13.1 Å². The number of rotatable bonds is 6. The molecule has 0 saturated carbocycles. The maximum absolute atomic E-state index is 6.26. The lowest BCUT2D eigenvalue weighted by Gasteiger charge is -2.03. The predicted molar refractivity (Wildman–Crippen MR) is 107 cm³/mol. The lowest BCUT2D eigenvalue weighted by molar-refractivity contribution is 0.618. The summed E-state index contributed by atoms with van der Waals surface area (Å²) in [6.07, 6.45) is 6.25. The van der Waals surface area contributed by atoms with Crippen molar-refractivity contribution in [3.8, 4) is 11.3 Å². The summed E-state index contributed by atoms with van der Waals surface area (Å²) in [6, 6.07) is 15.2. The Hall–Kier alpha value is -1.29. The first-order chi connectivity index (χ1) is 11.2. The number of benzene rings is 2. The van der Waals surface area contributed by atoms with Crippen molar-refractivity contribution in [2.45, 2.75) is 46.0 Å². The summed E-state index contributed by atoms with van der Waals surface area (Å²) in [5, 5.41) is 1.21. The van der Waals surface area contributed by atoms with Gasteiger partial charge < -0.3 is 4.42 Å². The fraction of sp³-hybridized carbons (Fsp3) is 0.333. The van der Waals surface area contributed by atoms with Crippen molar-refractivity contribution < 1.29 is 4.42 Å². The van der Waals surface area contributed by atoms with Crippen LogP contribution in [0.1, 0.15) is 43.7 Å². The van der Waals surface area contributed by atoms with E-state index in [0.717, 1.165) is 17.8 Å². The van der Waals surface area contributed by atoms with Gasteiger partial charge >= 0.3 is 0 Å². The van der Waals surface area contributed by atoms with Gasteiger partial charge in [-0.25, -0.2) is 0 Å². The normalized spacial score (nSPS) is 11.3.